The fraction of sp³-hybridized carbons (Fsp3) is 0.500. The number of pyridine rings is 1. The second kappa shape index (κ2) is 4.70. The van der Waals surface area contributed by atoms with Gasteiger partial charge < -0.3 is 10.1 Å². The van der Waals surface area contributed by atoms with E-state index < -0.39 is 0 Å². The van der Waals surface area contributed by atoms with Crippen LogP contribution in [0.4, 0.5) is 5.69 Å². The topological polar surface area (TPSA) is 34.1 Å². The number of nitrogens with one attached hydrogen (secondary N) is 1. The van der Waals surface area contributed by atoms with E-state index in [1.165, 1.54) is 0 Å². The molecule has 0 unspecified atom stereocenters. The predicted octanol–water partition coefficient (Wildman–Crippen LogP) is 2.16. The standard InChI is InChI=1S/C10H16N2O/c1-8(2)6-11-9-4-5-10(13-3)12-7-9/h4-5,7-8,11H,6H2,1-3H3. The van der Waals surface area contributed by atoms with E-state index in [1.807, 2.05) is 12.1 Å². The first kappa shape index (κ1) is 9.84. The Morgan fingerprint density at radius 3 is 2.69 bits per heavy atom. The zero-order valence-corrected chi connectivity index (χ0v) is 8.37. The molecule has 0 amide bonds. The number of hydrogen-bond acceptors (Lipinski definition) is 3. The predicted molar refractivity (Wildman–Crippen MR) is 54.1 cm³/mol. The lowest BCUT2D eigenvalue weighted by atomic mass is 10.2. The normalized spacial score (nSPS) is 10.2. The molecule has 0 saturated heterocycles. The molecule has 0 saturated carbocycles. The van der Waals surface area contributed by atoms with Gasteiger partial charge >= 0.3 is 0 Å². The van der Waals surface area contributed by atoms with Crippen molar-refractivity contribution < 1.29 is 4.74 Å². The largest absolute Gasteiger partial charge is 0.481 e. The summed E-state index contributed by atoms with van der Waals surface area (Å²) >= 11 is 0. The number of nitrogens with zero attached hydrogens (tertiary/aromatic N) is 1. The Balaban J connectivity index is 2.49. The highest BCUT2D eigenvalue weighted by atomic mass is 16.5. The molecule has 13 heavy (non-hydrogen) atoms. The van der Waals surface area contributed by atoms with Gasteiger partial charge in [0.05, 0.1) is 19.0 Å². The highest BCUT2D eigenvalue weighted by Gasteiger charge is 1.96. The van der Waals surface area contributed by atoms with Crippen molar-refractivity contribution >= 4 is 5.69 Å². The van der Waals surface area contributed by atoms with Crippen LogP contribution >= 0.6 is 0 Å². The average molecular weight is 180 g/mol. The zero-order valence-electron chi connectivity index (χ0n) is 8.37. The monoisotopic (exact) mass is 180 g/mol. The lowest BCUT2D eigenvalue weighted by Crippen LogP contribution is -2.07. The Bertz CT molecular complexity index is 244. The van der Waals surface area contributed by atoms with Crippen molar-refractivity contribution in [1.82, 2.24) is 4.98 Å². The summed E-state index contributed by atoms with van der Waals surface area (Å²) in [5, 5.41) is 3.28. The van der Waals surface area contributed by atoms with Gasteiger partial charge in [-0.15, -0.1) is 0 Å². The van der Waals surface area contributed by atoms with Gasteiger partial charge in [-0.2, -0.15) is 0 Å². The lowest BCUT2D eigenvalue weighted by molar-refractivity contribution is 0.398. The van der Waals surface area contributed by atoms with Gasteiger partial charge in [0, 0.05) is 12.6 Å². The van der Waals surface area contributed by atoms with E-state index in [4.69, 9.17) is 4.74 Å². The summed E-state index contributed by atoms with van der Waals surface area (Å²) in [5.41, 5.74) is 1.04. The SMILES string of the molecule is COc1ccc(NCC(C)C)cn1. The maximum absolute atomic E-state index is 4.96. The molecule has 0 spiro atoms. The molecule has 1 N–H and O–H groups in total. The van der Waals surface area contributed by atoms with E-state index in [0.717, 1.165) is 12.2 Å². The van der Waals surface area contributed by atoms with E-state index in [2.05, 4.69) is 24.1 Å². The first-order valence-corrected chi connectivity index (χ1v) is 4.46. The number of ether oxygens (including phenoxy) is 1. The molecule has 1 aromatic rings. The fourth-order valence-corrected chi connectivity index (χ4v) is 0.928. The Kier molecular flexibility index (Phi) is 3.55. The molecule has 0 aliphatic heterocycles. The van der Waals surface area contributed by atoms with E-state index in [0.29, 0.717) is 11.8 Å². The smallest absolute Gasteiger partial charge is 0.213 e. The van der Waals surface area contributed by atoms with Crippen LogP contribution < -0.4 is 10.1 Å². The minimum atomic E-state index is 0.641. The Morgan fingerprint density at radius 2 is 2.23 bits per heavy atom. The van der Waals surface area contributed by atoms with Crippen LogP contribution in [0.15, 0.2) is 18.3 Å². The summed E-state index contributed by atoms with van der Waals surface area (Å²) in [5.74, 6) is 1.29. The van der Waals surface area contributed by atoms with Crippen molar-refractivity contribution in [1.29, 1.82) is 0 Å². The second-order valence-corrected chi connectivity index (χ2v) is 3.36. The van der Waals surface area contributed by atoms with Crippen molar-refractivity contribution in [2.24, 2.45) is 5.92 Å². The Labute approximate surface area is 79.1 Å². The van der Waals surface area contributed by atoms with Crippen LogP contribution in [0.3, 0.4) is 0 Å². The number of rotatable bonds is 4. The maximum atomic E-state index is 4.96. The van der Waals surface area contributed by atoms with E-state index in [-0.39, 0.29) is 0 Å². The summed E-state index contributed by atoms with van der Waals surface area (Å²) in [6.07, 6.45) is 1.78. The Morgan fingerprint density at radius 1 is 1.46 bits per heavy atom. The van der Waals surface area contributed by atoms with E-state index in [9.17, 15) is 0 Å². The molecular formula is C10H16N2O. The molecule has 0 bridgehead atoms. The summed E-state index contributed by atoms with van der Waals surface area (Å²) in [4.78, 5) is 4.09. The molecule has 0 aliphatic carbocycles. The molecule has 0 aromatic carbocycles. The number of hydrogen-bond donors (Lipinski definition) is 1. The van der Waals surface area contributed by atoms with Crippen molar-refractivity contribution in [3.8, 4) is 5.88 Å². The van der Waals surface area contributed by atoms with E-state index >= 15 is 0 Å². The van der Waals surface area contributed by atoms with Crippen LogP contribution in [-0.4, -0.2) is 18.6 Å². The molecular weight excluding hydrogens is 164 g/mol. The highest BCUT2D eigenvalue weighted by molar-refractivity contribution is 5.41. The molecule has 0 atom stereocenters. The van der Waals surface area contributed by atoms with Crippen molar-refractivity contribution in [2.75, 3.05) is 19.0 Å². The molecule has 3 heteroatoms. The fourth-order valence-electron chi connectivity index (χ4n) is 0.928. The molecule has 72 valence electrons. The number of aromatic nitrogens is 1. The van der Waals surface area contributed by atoms with Gasteiger partial charge in [0.2, 0.25) is 5.88 Å². The van der Waals surface area contributed by atoms with Gasteiger partial charge in [-0.3, -0.25) is 0 Å². The van der Waals surface area contributed by atoms with Crippen LogP contribution in [0.25, 0.3) is 0 Å². The van der Waals surface area contributed by atoms with Crippen LogP contribution in [0.1, 0.15) is 13.8 Å². The molecule has 0 fully saturated rings. The van der Waals surface area contributed by atoms with Gasteiger partial charge in [0.15, 0.2) is 0 Å². The zero-order chi connectivity index (χ0) is 9.68. The minimum Gasteiger partial charge on any atom is -0.481 e. The van der Waals surface area contributed by atoms with Gasteiger partial charge in [0.25, 0.3) is 0 Å². The van der Waals surface area contributed by atoms with Gasteiger partial charge in [-0.25, -0.2) is 4.98 Å². The van der Waals surface area contributed by atoms with Crippen molar-refractivity contribution in [3.05, 3.63) is 18.3 Å². The summed E-state index contributed by atoms with van der Waals surface area (Å²) in [6, 6.07) is 3.82. The number of methoxy groups -OCH3 is 1. The van der Waals surface area contributed by atoms with E-state index in [1.54, 1.807) is 13.3 Å². The van der Waals surface area contributed by atoms with Crippen LogP contribution in [-0.2, 0) is 0 Å². The van der Waals surface area contributed by atoms with Crippen LogP contribution in [0.5, 0.6) is 5.88 Å². The van der Waals surface area contributed by atoms with Crippen molar-refractivity contribution in [3.63, 3.8) is 0 Å². The van der Waals surface area contributed by atoms with Crippen LogP contribution in [0.2, 0.25) is 0 Å². The Hall–Kier alpha value is -1.25. The summed E-state index contributed by atoms with van der Waals surface area (Å²) in [6.45, 7) is 5.31. The average Bonchev–Trinajstić information content (AvgIpc) is 2.15. The van der Waals surface area contributed by atoms with Gasteiger partial charge in [-0.05, 0) is 12.0 Å². The molecule has 0 radical (unpaired) electrons. The van der Waals surface area contributed by atoms with Gasteiger partial charge in [0.1, 0.15) is 0 Å². The molecule has 0 aliphatic rings. The third kappa shape index (κ3) is 3.32. The molecule has 3 nitrogen and oxygen atoms in total. The second-order valence-electron chi connectivity index (χ2n) is 3.36. The minimum absolute atomic E-state index is 0.641. The van der Waals surface area contributed by atoms with Crippen LogP contribution in [0, 0.1) is 5.92 Å². The first-order chi connectivity index (χ1) is 6.22. The quantitative estimate of drug-likeness (QED) is 0.771. The first-order valence-electron chi connectivity index (χ1n) is 4.46. The van der Waals surface area contributed by atoms with Gasteiger partial charge in [-0.1, -0.05) is 13.8 Å². The summed E-state index contributed by atoms with van der Waals surface area (Å²) < 4.78 is 4.96. The molecule has 1 heterocycles. The molecule has 1 rings (SSSR count). The summed E-state index contributed by atoms with van der Waals surface area (Å²) in [7, 11) is 1.61. The third-order valence-corrected chi connectivity index (χ3v) is 1.66. The maximum Gasteiger partial charge on any atom is 0.213 e. The highest BCUT2D eigenvalue weighted by Crippen LogP contribution is 2.11. The lowest BCUT2D eigenvalue weighted by Gasteiger charge is -2.08. The third-order valence-electron chi connectivity index (χ3n) is 1.66. The molecule has 1 aromatic heterocycles. The number of anilines is 1. The van der Waals surface area contributed by atoms with Crippen molar-refractivity contribution in [2.45, 2.75) is 13.8 Å².